The molecule has 2 rings (SSSR count). The van der Waals surface area contributed by atoms with Crippen LogP contribution in [-0.4, -0.2) is 27.1 Å². The molecule has 0 aliphatic carbocycles. The van der Waals surface area contributed by atoms with Crippen molar-refractivity contribution in [3.63, 3.8) is 0 Å². The zero-order chi connectivity index (χ0) is 18.4. The van der Waals surface area contributed by atoms with Crippen LogP contribution in [0.1, 0.15) is 20.7 Å². The Morgan fingerprint density at radius 1 is 0.958 bits per heavy atom. The highest BCUT2D eigenvalue weighted by Crippen LogP contribution is 2.27. The first-order valence-corrected chi connectivity index (χ1v) is 6.85. The van der Waals surface area contributed by atoms with Crippen LogP contribution < -0.4 is 5.73 Å². The standard InChI is InChI=1S/C7H4ClNO4.C7H6ClNO2/c8-5-3-1-2-4(7(10)11)6(5)9(12)13;8-5-3-1-2-4(6(5)9)7(10)11/h1-3H,(H,10,11);1-3H,9H2,(H,10,11). The van der Waals surface area contributed by atoms with Crippen LogP contribution >= 0.6 is 23.2 Å². The predicted molar refractivity (Wildman–Crippen MR) is 87.9 cm³/mol. The number of nitro groups is 1. The van der Waals surface area contributed by atoms with E-state index >= 15 is 0 Å². The summed E-state index contributed by atoms with van der Waals surface area (Å²) in [6.07, 6.45) is 0. The Labute approximate surface area is 145 Å². The highest BCUT2D eigenvalue weighted by Gasteiger charge is 2.22. The lowest BCUT2D eigenvalue weighted by Gasteiger charge is -2.00. The van der Waals surface area contributed by atoms with Crippen LogP contribution in [0.5, 0.6) is 0 Å². The number of nitro benzene ring substituents is 1. The fraction of sp³-hybridized carbons (Fsp3) is 0. The van der Waals surface area contributed by atoms with Crippen LogP contribution in [0, 0.1) is 10.1 Å². The van der Waals surface area contributed by atoms with Crippen molar-refractivity contribution in [3.05, 3.63) is 67.7 Å². The second-order valence-electron chi connectivity index (χ2n) is 4.20. The number of aromatic carboxylic acids is 2. The number of carboxylic acids is 2. The molecule has 0 aromatic heterocycles. The molecule has 0 radical (unpaired) electrons. The van der Waals surface area contributed by atoms with E-state index in [9.17, 15) is 19.7 Å². The van der Waals surface area contributed by atoms with Gasteiger partial charge in [0.15, 0.2) is 0 Å². The highest BCUT2D eigenvalue weighted by molar-refractivity contribution is 6.34. The molecule has 0 fully saturated rings. The summed E-state index contributed by atoms with van der Waals surface area (Å²) in [6, 6.07) is 8.24. The normalized spacial score (nSPS) is 9.58. The van der Waals surface area contributed by atoms with Gasteiger partial charge < -0.3 is 15.9 Å². The molecular formula is C14H10Cl2N2O6. The number of hydrogen-bond acceptors (Lipinski definition) is 5. The van der Waals surface area contributed by atoms with Crippen molar-refractivity contribution in [2.75, 3.05) is 5.73 Å². The molecule has 0 amide bonds. The van der Waals surface area contributed by atoms with E-state index < -0.39 is 28.1 Å². The van der Waals surface area contributed by atoms with E-state index in [1.807, 2.05) is 0 Å². The fourth-order valence-electron chi connectivity index (χ4n) is 1.60. The van der Waals surface area contributed by atoms with Gasteiger partial charge in [0.1, 0.15) is 10.6 Å². The summed E-state index contributed by atoms with van der Waals surface area (Å²) in [5.41, 5.74) is 4.55. The molecule has 0 aliphatic heterocycles. The number of rotatable bonds is 3. The van der Waals surface area contributed by atoms with Gasteiger partial charge in [-0.25, -0.2) is 9.59 Å². The molecule has 0 saturated heterocycles. The third-order valence-electron chi connectivity index (χ3n) is 2.68. The number of nitrogens with two attached hydrogens (primary N) is 1. The van der Waals surface area contributed by atoms with Gasteiger partial charge in [-0.15, -0.1) is 0 Å². The van der Waals surface area contributed by atoms with E-state index in [2.05, 4.69) is 0 Å². The topological polar surface area (TPSA) is 144 Å². The molecule has 0 heterocycles. The predicted octanol–water partition coefficient (Wildman–Crippen LogP) is 3.57. The number of halogens is 2. The van der Waals surface area contributed by atoms with Crippen molar-refractivity contribution in [2.24, 2.45) is 0 Å². The highest BCUT2D eigenvalue weighted by atomic mass is 35.5. The number of anilines is 1. The SMILES string of the molecule is Nc1c(Cl)cccc1C(=O)O.O=C(O)c1cccc(Cl)c1[N+](=O)[O-]. The Hall–Kier alpha value is -2.84. The molecule has 0 atom stereocenters. The number of carbonyl (C=O) groups is 2. The van der Waals surface area contributed by atoms with E-state index in [0.29, 0.717) is 0 Å². The van der Waals surface area contributed by atoms with Gasteiger partial charge in [0.2, 0.25) is 0 Å². The molecule has 2 aromatic rings. The van der Waals surface area contributed by atoms with Crippen molar-refractivity contribution in [1.29, 1.82) is 0 Å². The second kappa shape index (κ2) is 8.14. The minimum absolute atomic E-state index is 0.0394. The zero-order valence-corrected chi connectivity index (χ0v) is 13.3. The molecule has 126 valence electrons. The Kier molecular flexibility index (Phi) is 6.51. The van der Waals surface area contributed by atoms with E-state index in [4.69, 9.17) is 39.1 Å². The first-order chi connectivity index (χ1) is 11.2. The third kappa shape index (κ3) is 4.58. The smallest absolute Gasteiger partial charge is 0.342 e. The monoisotopic (exact) mass is 372 g/mol. The van der Waals surface area contributed by atoms with Crippen LogP contribution in [0.2, 0.25) is 10.0 Å². The number of nitrogen functional groups attached to an aromatic ring is 1. The molecule has 0 bridgehead atoms. The molecule has 0 unspecified atom stereocenters. The third-order valence-corrected chi connectivity index (χ3v) is 3.32. The average Bonchev–Trinajstić information content (AvgIpc) is 2.49. The van der Waals surface area contributed by atoms with Crippen molar-refractivity contribution in [2.45, 2.75) is 0 Å². The average molecular weight is 373 g/mol. The van der Waals surface area contributed by atoms with Crippen LogP contribution in [0.3, 0.4) is 0 Å². The summed E-state index contributed by atoms with van der Waals surface area (Å²) in [7, 11) is 0. The Balaban J connectivity index is 0.000000243. The molecule has 0 spiro atoms. The summed E-state index contributed by atoms with van der Waals surface area (Å²) in [5.74, 6) is -2.43. The van der Waals surface area contributed by atoms with Gasteiger partial charge in [0.25, 0.3) is 0 Å². The zero-order valence-electron chi connectivity index (χ0n) is 11.8. The summed E-state index contributed by atoms with van der Waals surface area (Å²) in [4.78, 5) is 30.5. The molecule has 2 aromatic carbocycles. The Morgan fingerprint density at radius 2 is 1.42 bits per heavy atom. The van der Waals surface area contributed by atoms with Gasteiger partial charge in [-0.1, -0.05) is 35.3 Å². The molecule has 10 heteroatoms. The number of para-hydroxylation sites is 2. The van der Waals surface area contributed by atoms with E-state index in [1.165, 1.54) is 18.2 Å². The lowest BCUT2D eigenvalue weighted by Crippen LogP contribution is -2.02. The lowest BCUT2D eigenvalue weighted by molar-refractivity contribution is -0.385. The second-order valence-corrected chi connectivity index (χ2v) is 5.02. The first kappa shape index (κ1) is 19.2. The minimum Gasteiger partial charge on any atom is -0.478 e. The molecular weight excluding hydrogens is 363 g/mol. The van der Waals surface area contributed by atoms with Crippen LogP contribution in [-0.2, 0) is 0 Å². The maximum absolute atomic E-state index is 10.5. The van der Waals surface area contributed by atoms with Crippen LogP contribution in [0.4, 0.5) is 11.4 Å². The van der Waals surface area contributed by atoms with Gasteiger partial charge in [-0.05, 0) is 24.3 Å². The molecule has 8 nitrogen and oxygen atoms in total. The molecule has 0 aliphatic rings. The van der Waals surface area contributed by atoms with E-state index in [1.54, 1.807) is 12.1 Å². The first-order valence-electron chi connectivity index (χ1n) is 6.10. The van der Waals surface area contributed by atoms with Gasteiger partial charge >= 0.3 is 17.6 Å². The van der Waals surface area contributed by atoms with Crippen molar-refractivity contribution in [3.8, 4) is 0 Å². The van der Waals surface area contributed by atoms with Crippen molar-refractivity contribution in [1.82, 2.24) is 0 Å². The van der Waals surface area contributed by atoms with E-state index in [0.717, 1.165) is 6.07 Å². The molecule has 0 saturated carbocycles. The van der Waals surface area contributed by atoms with Gasteiger partial charge in [-0.3, -0.25) is 10.1 Å². The minimum atomic E-state index is -1.37. The van der Waals surface area contributed by atoms with Gasteiger partial charge in [0, 0.05) is 0 Å². The maximum Gasteiger partial charge on any atom is 0.342 e. The van der Waals surface area contributed by atoms with Gasteiger partial charge in [-0.2, -0.15) is 0 Å². The number of benzene rings is 2. The maximum atomic E-state index is 10.5. The lowest BCUT2D eigenvalue weighted by atomic mass is 10.2. The van der Waals surface area contributed by atoms with Crippen LogP contribution in [0.15, 0.2) is 36.4 Å². The number of hydrogen-bond donors (Lipinski definition) is 3. The van der Waals surface area contributed by atoms with Crippen LogP contribution in [0.25, 0.3) is 0 Å². The summed E-state index contributed by atoms with van der Waals surface area (Å²) >= 11 is 11.0. The van der Waals surface area contributed by atoms with Gasteiger partial charge in [0.05, 0.1) is 21.2 Å². The van der Waals surface area contributed by atoms with Crippen molar-refractivity contribution >= 4 is 46.5 Å². The largest absolute Gasteiger partial charge is 0.478 e. The number of nitrogens with zero attached hydrogens (tertiary/aromatic N) is 1. The Morgan fingerprint density at radius 3 is 1.79 bits per heavy atom. The Bertz CT molecular complexity index is 810. The number of carboxylic acid groups (broad SMARTS) is 2. The summed E-state index contributed by atoms with van der Waals surface area (Å²) < 4.78 is 0. The fourth-order valence-corrected chi connectivity index (χ4v) is 2.02. The molecule has 4 N–H and O–H groups in total. The summed E-state index contributed by atoms with van der Waals surface area (Å²) in [5, 5.41) is 27.6. The van der Waals surface area contributed by atoms with Crippen molar-refractivity contribution < 1.29 is 24.7 Å². The van der Waals surface area contributed by atoms with E-state index in [-0.39, 0.29) is 21.3 Å². The molecule has 24 heavy (non-hydrogen) atoms. The quantitative estimate of drug-likeness (QED) is 0.424. The summed E-state index contributed by atoms with van der Waals surface area (Å²) in [6.45, 7) is 0.